The second-order valence-corrected chi connectivity index (χ2v) is 5.68. The van der Waals surface area contributed by atoms with Crippen molar-refractivity contribution in [1.82, 2.24) is 15.1 Å². The van der Waals surface area contributed by atoms with E-state index < -0.39 is 0 Å². The predicted octanol–water partition coefficient (Wildman–Crippen LogP) is 2.15. The van der Waals surface area contributed by atoms with Gasteiger partial charge in [-0.2, -0.15) is 5.10 Å². The van der Waals surface area contributed by atoms with Crippen LogP contribution in [0.5, 0.6) is 0 Å². The molecule has 0 spiro atoms. The van der Waals surface area contributed by atoms with Gasteiger partial charge in [0.05, 0.1) is 6.20 Å². The maximum atomic E-state index is 5.49. The Labute approximate surface area is 116 Å². The Kier molecular flexibility index (Phi) is 5.86. The molecule has 2 heterocycles. The molecule has 0 bridgehead atoms. The number of hydrogen-bond acceptors (Lipinski definition) is 3. The molecular formula is C15H27N3O. The number of nitrogens with one attached hydrogen (secondary N) is 1. The first-order chi connectivity index (χ1) is 9.28. The molecule has 108 valence electrons. The molecule has 2 unspecified atom stereocenters. The molecule has 19 heavy (non-hydrogen) atoms. The third-order valence-electron chi connectivity index (χ3n) is 3.86. The van der Waals surface area contributed by atoms with Crippen LogP contribution in [-0.4, -0.2) is 35.6 Å². The standard InChI is InChI=1S/C15H27N3O/c1-3-7-16-15(9-13-6-8-19-12-13)5-4-14-10-17-18(2)11-14/h10-11,13,15-16H,3-9,12H2,1-2H3. The van der Waals surface area contributed by atoms with Gasteiger partial charge in [0.15, 0.2) is 0 Å². The average Bonchev–Trinajstić information content (AvgIpc) is 3.04. The van der Waals surface area contributed by atoms with Gasteiger partial charge in [0.25, 0.3) is 0 Å². The zero-order valence-electron chi connectivity index (χ0n) is 12.3. The molecule has 0 amide bonds. The van der Waals surface area contributed by atoms with Crippen LogP contribution in [0.15, 0.2) is 12.4 Å². The van der Waals surface area contributed by atoms with Gasteiger partial charge in [-0.25, -0.2) is 0 Å². The molecule has 4 nitrogen and oxygen atoms in total. The zero-order valence-corrected chi connectivity index (χ0v) is 12.3. The fourth-order valence-electron chi connectivity index (χ4n) is 2.77. The van der Waals surface area contributed by atoms with Crippen LogP contribution in [0.1, 0.15) is 38.2 Å². The fraction of sp³-hybridized carbons (Fsp3) is 0.800. The van der Waals surface area contributed by atoms with Crippen molar-refractivity contribution < 1.29 is 4.74 Å². The van der Waals surface area contributed by atoms with Gasteiger partial charge in [0, 0.05) is 32.5 Å². The monoisotopic (exact) mass is 265 g/mol. The highest BCUT2D eigenvalue weighted by Crippen LogP contribution is 2.20. The minimum absolute atomic E-state index is 0.617. The van der Waals surface area contributed by atoms with Crippen LogP contribution in [0, 0.1) is 5.92 Å². The van der Waals surface area contributed by atoms with E-state index in [2.05, 4.69) is 23.5 Å². The van der Waals surface area contributed by atoms with E-state index in [1.54, 1.807) is 0 Å². The van der Waals surface area contributed by atoms with Crippen LogP contribution in [0.3, 0.4) is 0 Å². The summed E-state index contributed by atoms with van der Waals surface area (Å²) >= 11 is 0. The Morgan fingerprint density at radius 3 is 3.11 bits per heavy atom. The molecule has 4 heteroatoms. The lowest BCUT2D eigenvalue weighted by atomic mass is 9.95. The van der Waals surface area contributed by atoms with E-state index in [1.165, 1.54) is 31.2 Å². The maximum absolute atomic E-state index is 5.49. The van der Waals surface area contributed by atoms with Crippen molar-refractivity contribution in [3.05, 3.63) is 18.0 Å². The van der Waals surface area contributed by atoms with E-state index in [0.29, 0.717) is 6.04 Å². The van der Waals surface area contributed by atoms with Crippen LogP contribution in [0.4, 0.5) is 0 Å². The lowest BCUT2D eigenvalue weighted by Crippen LogP contribution is -2.32. The summed E-state index contributed by atoms with van der Waals surface area (Å²) in [4.78, 5) is 0. The summed E-state index contributed by atoms with van der Waals surface area (Å²) in [5.41, 5.74) is 1.34. The molecule has 1 aromatic heterocycles. The molecule has 2 rings (SSSR count). The summed E-state index contributed by atoms with van der Waals surface area (Å²) in [6.45, 7) is 5.25. The summed E-state index contributed by atoms with van der Waals surface area (Å²) in [5.74, 6) is 0.753. The normalized spacial score (nSPS) is 20.8. The van der Waals surface area contributed by atoms with Crippen LogP contribution in [0.25, 0.3) is 0 Å². The molecular weight excluding hydrogens is 238 g/mol. The van der Waals surface area contributed by atoms with Gasteiger partial charge in [0.1, 0.15) is 0 Å². The summed E-state index contributed by atoms with van der Waals surface area (Å²) in [5, 5.41) is 7.93. The molecule has 1 aliphatic rings. The first-order valence-electron chi connectivity index (χ1n) is 7.56. The van der Waals surface area contributed by atoms with E-state index in [-0.39, 0.29) is 0 Å². The molecule has 0 saturated carbocycles. The number of aryl methyl sites for hydroxylation is 2. The van der Waals surface area contributed by atoms with Crippen LogP contribution >= 0.6 is 0 Å². The first kappa shape index (κ1) is 14.5. The molecule has 0 aromatic carbocycles. The molecule has 1 saturated heterocycles. The minimum Gasteiger partial charge on any atom is -0.381 e. The highest BCUT2D eigenvalue weighted by Gasteiger charge is 2.20. The number of aromatic nitrogens is 2. The van der Waals surface area contributed by atoms with Crippen molar-refractivity contribution in [3.63, 3.8) is 0 Å². The topological polar surface area (TPSA) is 39.1 Å². The maximum Gasteiger partial charge on any atom is 0.0521 e. The summed E-state index contributed by atoms with van der Waals surface area (Å²) in [7, 11) is 1.98. The van der Waals surface area contributed by atoms with E-state index >= 15 is 0 Å². The largest absolute Gasteiger partial charge is 0.381 e. The minimum atomic E-state index is 0.617. The van der Waals surface area contributed by atoms with Crippen molar-refractivity contribution in [3.8, 4) is 0 Å². The molecule has 1 aliphatic heterocycles. The van der Waals surface area contributed by atoms with Crippen molar-refractivity contribution >= 4 is 0 Å². The number of hydrogen-bond donors (Lipinski definition) is 1. The SMILES string of the molecule is CCCNC(CCc1cnn(C)c1)CC1CCOC1. The van der Waals surface area contributed by atoms with Gasteiger partial charge in [0.2, 0.25) is 0 Å². The second-order valence-electron chi connectivity index (χ2n) is 5.68. The van der Waals surface area contributed by atoms with Crippen LogP contribution in [0.2, 0.25) is 0 Å². The smallest absolute Gasteiger partial charge is 0.0521 e. The van der Waals surface area contributed by atoms with Gasteiger partial charge in [-0.05, 0) is 50.1 Å². The molecule has 0 aliphatic carbocycles. The Bertz CT molecular complexity index is 358. The quantitative estimate of drug-likeness (QED) is 0.783. The Balaban J connectivity index is 1.78. The summed E-state index contributed by atoms with van der Waals surface area (Å²) in [6, 6.07) is 0.617. The predicted molar refractivity (Wildman–Crippen MR) is 77.2 cm³/mol. The van der Waals surface area contributed by atoms with Gasteiger partial charge in [-0.3, -0.25) is 4.68 Å². The highest BCUT2D eigenvalue weighted by atomic mass is 16.5. The summed E-state index contributed by atoms with van der Waals surface area (Å²) in [6.07, 6.45) is 10.1. The number of rotatable bonds is 8. The fourth-order valence-corrected chi connectivity index (χ4v) is 2.77. The number of ether oxygens (including phenoxy) is 1. The van der Waals surface area contributed by atoms with Gasteiger partial charge < -0.3 is 10.1 Å². The Morgan fingerprint density at radius 1 is 1.58 bits per heavy atom. The van der Waals surface area contributed by atoms with E-state index in [0.717, 1.165) is 32.1 Å². The highest BCUT2D eigenvalue weighted by molar-refractivity contribution is 5.04. The lowest BCUT2D eigenvalue weighted by Gasteiger charge is -2.21. The zero-order chi connectivity index (χ0) is 13.5. The van der Waals surface area contributed by atoms with Crippen molar-refractivity contribution in [1.29, 1.82) is 0 Å². The molecule has 0 radical (unpaired) electrons. The Hall–Kier alpha value is -0.870. The lowest BCUT2D eigenvalue weighted by molar-refractivity contribution is 0.181. The molecule has 1 N–H and O–H groups in total. The average molecular weight is 265 g/mol. The van der Waals surface area contributed by atoms with Gasteiger partial charge >= 0.3 is 0 Å². The first-order valence-corrected chi connectivity index (χ1v) is 7.56. The Morgan fingerprint density at radius 2 is 2.47 bits per heavy atom. The van der Waals surface area contributed by atoms with Gasteiger partial charge in [-0.15, -0.1) is 0 Å². The van der Waals surface area contributed by atoms with E-state index in [4.69, 9.17) is 4.74 Å². The second kappa shape index (κ2) is 7.65. The van der Waals surface area contributed by atoms with Crippen LogP contribution < -0.4 is 5.32 Å². The van der Waals surface area contributed by atoms with Crippen molar-refractivity contribution in [2.45, 2.75) is 45.1 Å². The molecule has 1 fully saturated rings. The third kappa shape index (κ3) is 4.96. The molecule has 1 aromatic rings. The van der Waals surface area contributed by atoms with E-state index in [9.17, 15) is 0 Å². The molecule has 2 atom stereocenters. The van der Waals surface area contributed by atoms with Crippen molar-refractivity contribution in [2.75, 3.05) is 19.8 Å². The van der Waals surface area contributed by atoms with Crippen molar-refractivity contribution in [2.24, 2.45) is 13.0 Å². The summed E-state index contributed by atoms with van der Waals surface area (Å²) < 4.78 is 7.37. The number of nitrogens with zero attached hydrogens (tertiary/aromatic N) is 2. The van der Waals surface area contributed by atoms with E-state index in [1.807, 2.05) is 17.9 Å². The third-order valence-corrected chi connectivity index (χ3v) is 3.86. The van der Waals surface area contributed by atoms with Gasteiger partial charge in [-0.1, -0.05) is 6.92 Å². The van der Waals surface area contributed by atoms with Crippen LogP contribution in [-0.2, 0) is 18.2 Å².